The second kappa shape index (κ2) is 11.6. The van der Waals surface area contributed by atoms with Crippen molar-refractivity contribution in [3.63, 3.8) is 0 Å². The number of likely N-dealkylation sites (tertiary alicyclic amines) is 2. The number of nitrogens with one attached hydrogen (secondary N) is 1. The fourth-order valence-corrected chi connectivity index (χ4v) is 4.20. The first-order valence-corrected chi connectivity index (χ1v) is 10.9. The normalized spacial score (nSPS) is 22.0. The molecule has 2 aliphatic rings. The van der Waals surface area contributed by atoms with Crippen LogP contribution in [0.1, 0.15) is 51.4 Å². The summed E-state index contributed by atoms with van der Waals surface area (Å²) in [6.45, 7) is 0.496. The number of nitrogens with two attached hydrogens (primary N) is 2. The lowest BCUT2D eigenvalue weighted by molar-refractivity contribution is -0.152. The van der Waals surface area contributed by atoms with Crippen LogP contribution in [0.2, 0.25) is 0 Å². The molecule has 0 aliphatic carbocycles. The molecule has 184 valence electrons. The molecule has 7 N–H and O–H groups in total. The van der Waals surface area contributed by atoms with Crippen molar-refractivity contribution in [1.29, 1.82) is 0 Å². The van der Waals surface area contributed by atoms with Crippen molar-refractivity contribution in [2.45, 2.75) is 75.5 Å². The van der Waals surface area contributed by atoms with Gasteiger partial charge in [0.25, 0.3) is 0 Å². The first kappa shape index (κ1) is 26.0. The zero-order chi connectivity index (χ0) is 24.7. The Morgan fingerprint density at radius 3 is 2.09 bits per heavy atom. The van der Waals surface area contributed by atoms with E-state index >= 15 is 0 Å². The molecule has 33 heavy (non-hydrogen) atoms. The summed E-state index contributed by atoms with van der Waals surface area (Å²) in [5, 5.41) is 20.8. The van der Waals surface area contributed by atoms with Crippen LogP contribution in [-0.4, -0.2) is 92.8 Å². The number of carboxylic acids is 2. The van der Waals surface area contributed by atoms with Crippen molar-refractivity contribution in [2.75, 3.05) is 13.1 Å². The smallest absolute Gasteiger partial charge is 0.326 e. The lowest BCUT2D eigenvalue weighted by Crippen LogP contribution is -2.56. The van der Waals surface area contributed by atoms with Gasteiger partial charge in [0.1, 0.15) is 18.1 Å². The van der Waals surface area contributed by atoms with E-state index in [0.717, 1.165) is 0 Å². The van der Waals surface area contributed by atoms with Crippen molar-refractivity contribution in [1.82, 2.24) is 15.1 Å². The summed E-state index contributed by atoms with van der Waals surface area (Å²) in [4.78, 5) is 74.7. The highest BCUT2D eigenvalue weighted by molar-refractivity contribution is 5.95. The molecule has 2 aliphatic heterocycles. The molecule has 0 radical (unpaired) electrons. The van der Waals surface area contributed by atoms with Gasteiger partial charge in [0.15, 0.2) is 0 Å². The van der Waals surface area contributed by atoms with E-state index in [-0.39, 0.29) is 32.4 Å². The first-order valence-electron chi connectivity index (χ1n) is 10.9. The maximum atomic E-state index is 13.2. The van der Waals surface area contributed by atoms with Crippen molar-refractivity contribution in [2.24, 2.45) is 11.5 Å². The lowest BCUT2D eigenvalue weighted by Gasteiger charge is -2.32. The molecule has 13 nitrogen and oxygen atoms in total. The summed E-state index contributed by atoms with van der Waals surface area (Å²) in [6, 6.07) is -4.20. The first-order chi connectivity index (χ1) is 15.5. The summed E-state index contributed by atoms with van der Waals surface area (Å²) in [7, 11) is 0. The van der Waals surface area contributed by atoms with Crippen molar-refractivity contribution in [3.8, 4) is 0 Å². The van der Waals surface area contributed by atoms with Crippen LogP contribution < -0.4 is 16.8 Å². The maximum Gasteiger partial charge on any atom is 0.326 e. The van der Waals surface area contributed by atoms with Crippen LogP contribution in [-0.2, 0) is 28.8 Å². The fraction of sp³-hybridized carbons (Fsp3) is 0.700. The van der Waals surface area contributed by atoms with Crippen molar-refractivity contribution < 1.29 is 39.0 Å². The van der Waals surface area contributed by atoms with E-state index in [9.17, 15) is 33.9 Å². The number of aliphatic carboxylic acids is 2. The minimum absolute atomic E-state index is 0.0443. The van der Waals surface area contributed by atoms with E-state index in [1.54, 1.807) is 0 Å². The SMILES string of the molecule is NC(=O)CCC(N)C(=O)NC(CCC(=O)O)C(=O)N1CCCC1C(=O)N1CCCC1C(=O)O. The highest BCUT2D eigenvalue weighted by atomic mass is 16.4. The van der Waals surface area contributed by atoms with Gasteiger partial charge in [-0.25, -0.2) is 4.79 Å². The van der Waals surface area contributed by atoms with E-state index in [4.69, 9.17) is 16.6 Å². The molecule has 0 saturated carbocycles. The Hall–Kier alpha value is -3.22. The number of rotatable bonds is 11. The van der Waals surface area contributed by atoms with E-state index < -0.39 is 66.2 Å². The summed E-state index contributed by atoms with van der Waals surface area (Å²) in [5.74, 6) is -4.76. The molecule has 0 aromatic carbocycles. The average Bonchev–Trinajstić information content (AvgIpc) is 3.43. The monoisotopic (exact) mass is 469 g/mol. The van der Waals surface area contributed by atoms with Gasteiger partial charge in [0.05, 0.1) is 6.04 Å². The highest BCUT2D eigenvalue weighted by Gasteiger charge is 2.43. The van der Waals surface area contributed by atoms with Gasteiger partial charge in [-0.05, 0) is 38.5 Å². The van der Waals surface area contributed by atoms with Crippen LogP contribution in [0.5, 0.6) is 0 Å². The summed E-state index contributed by atoms with van der Waals surface area (Å²) in [6.07, 6.45) is 0.917. The lowest BCUT2D eigenvalue weighted by atomic mass is 10.1. The Morgan fingerprint density at radius 2 is 1.52 bits per heavy atom. The molecular formula is C20H31N5O8. The molecule has 2 heterocycles. The molecule has 0 bridgehead atoms. The Kier molecular flexibility index (Phi) is 9.14. The van der Waals surface area contributed by atoms with Gasteiger partial charge >= 0.3 is 11.9 Å². The van der Waals surface area contributed by atoms with Gasteiger partial charge in [-0.1, -0.05) is 0 Å². The molecule has 2 saturated heterocycles. The number of carbonyl (C=O) groups excluding carboxylic acids is 4. The Morgan fingerprint density at radius 1 is 0.909 bits per heavy atom. The van der Waals surface area contributed by atoms with Gasteiger partial charge < -0.3 is 36.8 Å². The molecule has 0 aromatic rings. The quantitative estimate of drug-likeness (QED) is 0.226. The summed E-state index contributed by atoms with van der Waals surface area (Å²) < 4.78 is 0. The van der Waals surface area contributed by atoms with E-state index in [1.165, 1.54) is 9.80 Å². The molecule has 2 rings (SSSR count). The number of primary amides is 1. The predicted molar refractivity (Wildman–Crippen MR) is 112 cm³/mol. The van der Waals surface area contributed by atoms with E-state index in [1.807, 2.05) is 0 Å². The number of hydrogen-bond acceptors (Lipinski definition) is 7. The van der Waals surface area contributed by atoms with Crippen LogP contribution in [0.3, 0.4) is 0 Å². The van der Waals surface area contributed by atoms with Crippen LogP contribution in [0, 0.1) is 0 Å². The molecule has 0 spiro atoms. The zero-order valence-electron chi connectivity index (χ0n) is 18.3. The van der Waals surface area contributed by atoms with Crippen molar-refractivity contribution in [3.05, 3.63) is 0 Å². The van der Waals surface area contributed by atoms with Gasteiger partial charge in [0.2, 0.25) is 23.6 Å². The highest BCUT2D eigenvalue weighted by Crippen LogP contribution is 2.26. The molecule has 0 aromatic heterocycles. The van der Waals surface area contributed by atoms with Crippen molar-refractivity contribution >= 4 is 35.6 Å². The predicted octanol–water partition coefficient (Wildman–Crippen LogP) is -2.00. The third kappa shape index (κ3) is 6.88. The number of amides is 4. The average molecular weight is 469 g/mol. The molecule has 13 heteroatoms. The third-order valence-electron chi connectivity index (χ3n) is 5.94. The molecule has 4 unspecified atom stereocenters. The Balaban J connectivity index is 2.13. The Labute approximate surface area is 190 Å². The van der Waals surface area contributed by atoms with E-state index in [2.05, 4.69) is 5.32 Å². The summed E-state index contributed by atoms with van der Waals surface area (Å²) in [5.41, 5.74) is 10.8. The number of carbonyl (C=O) groups is 6. The van der Waals surface area contributed by atoms with Gasteiger partial charge in [-0.3, -0.25) is 24.0 Å². The maximum absolute atomic E-state index is 13.2. The van der Waals surface area contributed by atoms with Crippen LogP contribution in [0.25, 0.3) is 0 Å². The zero-order valence-corrected chi connectivity index (χ0v) is 18.3. The van der Waals surface area contributed by atoms with Gasteiger partial charge in [0, 0.05) is 25.9 Å². The van der Waals surface area contributed by atoms with E-state index in [0.29, 0.717) is 25.7 Å². The molecule has 4 amide bonds. The fourth-order valence-electron chi connectivity index (χ4n) is 4.20. The van der Waals surface area contributed by atoms with Crippen LogP contribution >= 0.6 is 0 Å². The number of carboxylic acid groups (broad SMARTS) is 2. The Bertz CT molecular complexity index is 803. The molecular weight excluding hydrogens is 438 g/mol. The molecule has 2 fully saturated rings. The minimum atomic E-state index is -1.24. The number of hydrogen-bond donors (Lipinski definition) is 5. The number of nitrogens with zero attached hydrogens (tertiary/aromatic N) is 2. The largest absolute Gasteiger partial charge is 0.481 e. The third-order valence-corrected chi connectivity index (χ3v) is 5.94. The topological polar surface area (TPSA) is 213 Å². The molecule has 4 atom stereocenters. The second-order valence-corrected chi connectivity index (χ2v) is 8.32. The summed E-state index contributed by atoms with van der Waals surface area (Å²) >= 11 is 0. The minimum Gasteiger partial charge on any atom is -0.481 e. The van der Waals surface area contributed by atoms with Crippen LogP contribution in [0.4, 0.5) is 0 Å². The van der Waals surface area contributed by atoms with Gasteiger partial charge in [-0.2, -0.15) is 0 Å². The second-order valence-electron chi connectivity index (χ2n) is 8.32. The standard InChI is InChI=1S/C20H31N5O8/c21-11(5-7-15(22)26)17(29)23-12(6-8-16(27)28)18(30)24-9-1-3-13(24)19(31)25-10-2-4-14(25)20(32)33/h11-14H,1-10,21H2,(H2,22,26)(H,23,29)(H,27,28)(H,32,33). The van der Waals surface area contributed by atoms with Gasteiger partial charge in [-0.15, -0.1) is 0 Å². The van der Waals surface area contributed by atoms with Crippen LogP contribution in [0.15, 0.2) is 0 Å².